The SMILES string of the molecule is CC1CC=CN2C(=C1c1ccccc1)c1c(C(=O)Nc3cccnc3N3CCC(NC(=O)C4CCOCC4)CC3)[nH]c3cc(Cl)cc(c13)C2c1ccc(Cl)cc1. The van der Waals surface area contributed by atoms with Crippen LogP contribution in [0.2, 0.25) is 10.0 Å². The second kappa shape index (κ2) is 15.4. The van der Waals surface area contributed by atoms with E-state index in [0.717, 1.165) is 71.0 Å². The summed E-state index contributed by atoms with van der Waals surface area (Å²) >= 11 is 13.3. The van der Waals surface area contributed by atoms with Gasteiger partial charge in [0.1, 0.15) is 5.69 Å². The van der Waals surface area contributed by atoms with Crippen LogP contribution in [0.1, 0.15) is 77.8 Å². The van der Waals surface area contributed by atoms with E-state index < -0.39 is 0 Å². The molecule has 9 rings (SSSR count). The van der Waals surface area contributed by atoms with Crippen LogP contribution < -0.4 is 15.5 Å². The largest absolute Gasteiger partial charge is 0.381 e. The molecule has 2 amide bonds. The lowest BCUT2D eigenvalue weighted by Crippen LogP contribution is -2.47. The van der Waals surface area contributed by atoms with Crippen LogP contribution in [-0.2, 0) is 9.53 Å². The molecule has 5 aromatic rings. The van der Waals surface area contributed by atoms with Crippen molar-refractivity contribution in [1.29, 1.82) is 0 Å². The van der Waals surface area contributed by atoms with Gasteiger partial charge in [0.25, 0.3) is 5.91 Å². The minimum absolute atomic E-state index is 0.0218. The van der Waals surface area contributed by atoms with Gasteiger partial charge in [-0.3, -0.25) is 9.59 Å². The molecule has 0 spiro atoms. The maximum absolute atomic E-state index is 14.9. The van der Waals surface area contributed by atoms with Crippen LogP contribution in [-0.4, -0.2) is 59.0 Å². The molecule has 4 aliphatic heterocycles. The molecule has 2 saturated heterocycles. The van der Waals surface area contributed by atoms with Crippen molar-refractivity contribution in [3.63, 3.8) is 0 Å². The maximum atomic E-state index is 14.9. The van der Waals surface area contributed by atoms with Crippen molar-refractivity contribution in [3.8, 4) is 0 Å². The number of nitrogens with zero attached hydrogens (tertiary/aromatic N) is 3. The predicted molar refractivity (Wildman–Crippen MR) is 224 cm³/mol. The van der Waals surface area contributed by atoms with Gasteiger partial charge >= 0.3 is 0 Å². The van der Waals surface area contributed by atoms with Gasteiger partial charge < -0.3 is 30.2 Å². The molecule has 9 nitrogen and oxygen atoms in total. The third-order valence-corrected chi connectivity index (χ3v) is 12.2. The number of amides is 2. The Morgan fingerprint density at radius 2 is 1.68 bits per heavy atom. The fourth-order valence-electron chi connectivity index (χ4n) is 8.99. The molecule has 11 heteroatoms. The summed E-state index contributed by atoms with van der Waals surface area (Å²) in [6.45, 7) is 4.95. The first kappa shape index (κ1) is 36.5. The number of hydrogen-bond acceptors (Lipinski definition) is 6. The van der Waals surface area contributed by atoms with Gasteiger partial charge in [0.2, 0.25) is 5.91 Å². The van der Waals surface area contributed by atoms with Crippen LogP contribution in [0.25, 0.3) is 22.2 Å². The second-order valence-electron chi connectivity index (χ2n) is 15.3. The first-order valence-electron chi connectivity index (χ1n) is 19.6. The topological polar surface area (TPSA) is 103 Å². The number of allylic oxidation sites excluding steroid dienone is 2. The van der Waals surface area contributed by atoms with E-state index in [1.54, 1.807) is 6.20 Å². The number of carbonyl (C=O) groups excluding carboxylic acids is 2. The van der Waals surface area contributed by atoms with Crippen molar-refractivity contribution >= 4 is 68.7 Å². The number of pyridine rings is 1. The van der Waals surface area contributed by atoms with Gasteiger partial charge in [-0.2, -0.15) is 0 Å². The molecule has 2 atom stereocenters. The lowest BCUT2D eigenvalue weighted by Gasteiger charge is -2.39. The molecule has 2 unspecified atom stereocenters. The van der Waals surface area contributed by atoms with Crippen molar-refractivity contribution in [2.24, 2.45) is 11.8 Å². The van der Waals surface area contributed by atoms with E-state index in [1.165, 1.54) is 5.57 Å². The number of aromatic nitrogens is 2. The molecule has 3 N–H and O–H groups in total. The number of piperidine rings is 1. The van der Waals surface area contributed by atoms with Crippen molar-refractivity contribution in [2.45, 2.75) is 51.1 Å². The number of anilines is 2. The third kappa shape index (κ3) is 6.86. The quantitative estimate of drug-likeness (QED) is 0.152. The molecule has 3 aromatic carbocycles. The summed E-state index contributed by atoms with van der Waals surface area (Å²) in [5.41, 5.74) is 8.05. The van der Waals surface area contributed by atoms with Gasteiger partial charge in [0.05, 0.1) is 17.4 Å². The molecule has 286 valence electrons. The Labute approximate surface area is 336 Å². The summed E-state index contributed by atoms with van der Waals surface area (Å²) in [4.78, 5) is 40.6. The van der Waals surface area contributed by atoms with Gasteiger partial charge in [-0.1, -0.05) is 78.7 Å². The van der Waals surface area contributed by atoms with Crippen LogP contribution in [0.5, 0.6) is 0 Å². The Balaban J connectivity index is 1.10. The van der Waals surface area contributed by atoms with E-state index in [2.05, 4.69) is 81.0 Å². The molecule has 0 aliphatic carbocycles. The molecule has 2 aromatic heterocycles. The van der Waals surface area contributed by atoms with Crippen molar-refractivity contribution in [2.75, 3.05) is 36.5 Å². The highest BCUT2D eigenvalue weighted by molar-refractivity contribution is 6.32. The molecule has 0 bridgehead atoms. The number of aromatic amines is 1. The zero-order valence-electron chi connectivity index (χ0n) is 31.2. The number of rotatable bonds is 7. The number of halogens is 2. The summed E-state index contributed by atoms with van der Waals surface area (Å²) < 4.78 is 5.45. The molecule has 2 fully saturated rings. The zero-order chi connectivity index (χ0) is 38.3. The van der Waals surface area contributed by atoms with Gasteiger partial charge in [-0.05, 0) is 96.7 Å². The summed E-state index contributed by atoms with van der Waals surface area (Å²) in [5, 5.41) is 8.77. The monoisotopic (exact) mass is 786 g/mol. The van der Waals surface area contributed by atoms with Crippen LogP contribution >= 0.6 is 23.2 Å². The number of carbonyl (C=O) groups is 2. The summed E-state index contributed by atoms with van der Waals surface area (Å²) in [7, 11) is 0. The Bertz CT molecular complexity index is 2340. The Kier molecular flexibility index (Phi) is 10.1. The molecule has 0 radical (unpaired) electrons. The van der Waals surface area contributed by atoms with Crippen LogP contribution in [0.3, 0.4) is 0 Å². The first-order chi connectivity index (χ1) is 27.3. The fourth-order valence-corrected chi connectivity index (χ4v) is 9.35. The minimum atomic E-state index is -0.267. The van der Waals surface area contributed by atoms with Gasteiger partial charge in [0, 0.05) is 77.2 Å². The van der Waals surface area contributed by atoms with E-state index in [4.69, 9.17) is 32.9 Å². The summed E-state index contributed by atoms with van der Waals surface area (Å²) in [6, 6.07) is 26.0. The highest BCUT2D eigenvalue weighted by Crippen LogP contribution is 2.53. The van der Waals surface area contributed by atoms with Crippen LogP contribution in [0, 0.1) is 11.8 Å². The number of nitrogens with one attached hydrogen (secondary N) is 3. The number of ether oxygens (including phenoxy) is 1. The average molecular weight is 788 g/mol. The van der Waals surface area contributed by atoms with Gasteiger partial charge in [0.15, 0.2) is 5.82 Å². The highest BCUT2D eigenvalue weighted by atomic mass is 35.5. The summed E-state index contributed by atoms with van der Waals surface area (Å²) in [5.74, 6) is 0.753. The Morgan fingerprint density at radius 3 is 2.45 bits per heavy atom. The number of benzene rings is 3. The smallest absolute Gasteiger partial charge is 0.272 e. The fraction of sp³-hybridized carbons (Fsp3) is 0.311. The Hall–Kier alpha value is -5.09. The van der Waals surface area contributed by atoms with E-state index >= 15 is 0 Å². The van der Waals surface area contributed by atoms with Crippen molar-refractivity contribution in [3.05, 3.63) is 135 Å². The molecular formula is C45H44Cl2N6O3. The lowest BCUT2D eigenvalue weighted by molar-refractivity contribution is -0.128. The molecule has 0 saturated carbocycles. The standard InChI is InChI=1S/C45H44Cl2N6O3/c1-27-7-6-20-53-41(29-11-13-31(46)14-12-29)34-25-32(47)26-36-38(34)39(42(53)37(27)28-8-3-2-4-9-28)40(50-36)45(55)51-35-10-5-19-48-43(35)52-21-15-33(16-22-52)49-44(54)30-17-23-56-24-18-30/h2-6,8-14,19-20,25-27,30,33,41,50H,7,15-18,21-24H2,1H3,(H,49,54)(H,51,55). The average Bonchev–Trinajstić information content (AvgIpc) is 3.51. The lowest BCUT2D eigenvalue weighted by atomic mass is 9.82. The van der Waals surface area contributed by atoms with E-state index in [1.807, 2.05) is 42.5 Å². The third-order valence-electron chi connectivity index (χ3n) is 11.7. The van der Waals surface area contributed by atoms with Crippen molar-refractivity contribution in [1.82, 2.24) is 20.2 Å². The maximum Gasteiger partial charge on any atom is 0.272 e. The predicted octanol–water partition coefficient (Wildman–Crippen LogP) is 9.46. The van der Waals surface area contributed by atoms with Crippen LogP contribution in [0.4, 0.5) is 11.5 Å². The normalized spacial score (nSPS) is 20.2. The van der Waals surface area contributed by atoms with E-state index in [-0.39, 0.29) is 35.7 Å². The zero-order valence-corrected chi connectivity index (χ0v) is 32.7. The summed E-state index contributed by atoms with van der Waals surface area (Å²) in [6.07, 6.45) is 10.1. The van der Waals surface area contributed by atoms with Crippen molar-refractivity contribution < 1.29 is 14.3 Å². The van der Waals surface area contributed by atoms with E-state index in [0.29, 0.717) is 53.5 Å². The van der Waals surface area contributed by atoms with E-state index in [9.17, 15) is 9.59 Å². The van der Waals surface area contributed by atoms with Gasteiger partial charge in [-0.15, -0.1) is 0 Å². The number of fused-ring (bicyclic) bond motifs is 2. The van der Waals surface area contributed by atoms with Gasteiger partial charge in [-0.25, -0.2) is 4.98 Å². The number of hydrogen-bond donors (Lipinski definition) is 3. The van der Waals surface area contributed by atoms with Crippen LogP contribution in [0.15, 0.2) is 97.3 Å². The molecule has 56 heavy (non-hydrogen) atoms. The first-order valence-corrected chi connectivity index (χ1v) is 20.3. The second-order valence-corrected chi connectivity index (χ2v) is 16.2. The Morgan fingerprint density at radius 1 is 0.911 bits per heavy atom. The minimum Gasteiger partial charge on any atom is -0.381 e. The molecule has 6 heterocycles. The molecule has 4 aliphatic rings. The number of H-pyrrole nitrogens is 1. The highest BCUT2D eigenvalue weighted by Gasteiger charge is 2.40. The molecular weight excluding hydrogens is 743 g/mol.